The minimum Gasteiger partial charge on any atom is -0.474 e. The summed E-state index contributed by atoms with van der Waals surface area (Å²) in [4.78, 5) is 2.42. The van der Waals surface area contributed by atoms with Crippen LogP contribution in [0.3, 0.4) is 0 Å². The molecule has 124 valence electrons. The Bertz CT molecular complexity index is 297. The Hall–Kier alpha value is -0.300. The molecule has 2 heterocycles. The van der Waals surface area contributed by atoms with Gasteiger partial charge in [0, 0.05) is 24.9 Å². The van der Waals surface area contributed by atoms with Crippen LogP contribution in [0.2, 0.25) is 0 Å². The van der Waals surface area contributed by atoms with Crippen LogP contribution in [0.15, 0.2) is 0 Å². The van der Waals surface area contributed by atoms with Crippen molar-refractivity contribution in [2.45, 2.75) is 57.7 Å². The molecular formula is C15H32N4OS. The fourth-order valence-electron chi connectivity index (χ4n) is 2.79. The SMILES string of the molecule is CC.N=C(OC(CS)CN1CCCCC1)C1CC(N)CN1. The zero-order valence-corrected chi connectivity index (χ0v) is 14.4. The van der Waals surface area contributed by atoms with Gasteiger partial charge in [-0.05, 0) is 32.4 Å². The van der Waals surface area contributed by atoms with Gasteiger partial charge < -0.3 is 15.8 Å². The van der Waals surface area contributed by atoms with Gasteiger partial charge in [-0.2, -0.15) is 12.6 Å². The van der Waals surface area contributed by atoms with E-state index in [0.717, 1.165) is 32.6 Å². The van der Waals surface area contributed by atoms with Crippen molar-refractivity contribution in [3.63, 3.8) is 0 Å². The van der Waals surface area contributed by atoms with Gasteiger partial charge in [-0.25, -0.2) is 0 Å². The van der Waals surface area contributed by atoms with Crippen LogP contribution < -0.4 is 11.1 Å². The van der Waals surface area contributed by atoms with E-state index in [4.69, 9.17) is 15.9 Å². The van der Waals surface area contributed by atoms with Gasteiger partial charge in [-0.1, -0.05) is 20.3 Å². The lowest BCUT2D eigenvalue weighted by Crippen LogP contribution is -2.42. The molecule has 3 unspecified atom stereocenters. The lowest BCUT2D eigenvalue weighted by molar-refractivity contribution is 0.120. The number of nitrogens with zero attached hydrogens (tertiary/aromatic N) is 1. The first kappa shape index (κ1) is 18.7. The number of ether oxygens (including phenoxy) is 1. The third-order valence-corrected chi connectivity index (χ3v) is 4.30. The fourth-order valence-corrected chi connectivity index (χ4v) is 2.98. The van der Waals surface area contributed by atoms with Crippen molar-refractivity contribution in [2.75, 3.05) is 31.9 Å². The molecule has 5 nitrogen and oxygen atoms in total. The van der Waals surface area contributed by atoms with Crippen molar-refractivity contribution in [3.8, 4) is 0 Å². The van der Waals surface area contributed by atoms with E-state index >= 15 is 0 Å². The molecule has 21 heavy (non-hydrogen) atoms. The first-order chi connectivity index (χ1) is 10.2. The van der Waals surface area contributed by atoms with E-state index in [1.165, 1.54) is 19.3 Å². The molecule has 0 spiro atoms. The monoisotopic (exact) mass is 316 g/mol. The third-order valence-electron chi connectivity index (χ3n) is 3.89. The molecule has 0 amide bonds. The van der Waals surface area contributed by atoms with Crippen molar-refractivity contribution >= 4 is 18.5 Å². The molecule has 0 radical (unpaired) electrons. The number of thiol groups is 1. The molecule has 0 aromatic heterocycles. The minimum atomic E-state index is -0.0151. The molecule has 6 heteroatoms. The summed E-state index contributed by atoms with van der Waals surface area (Å²) >= 11 is 4.36. The van der Waals surface area contributed by atoms with Crippen LogP contribution in [0.5, 0.6) is 0 Å². The summed E-state index contributed by atoms with van der Waals surface area (Å²) in [5, 5.41) is 11.3. The standard InChI is InChI=1S/C13H26N4OS.C2H6/c14-10-6-12(16-7-10)13(15)18-11(9-19)8-17-4-2-1-3-5-17;1-2/h10-12,15-16,19H,1-9,14H2;1-2H3. The predicted molar refractivity (Wildman–Crippen MR) is 92.5 cm³/mol. The molecule has 2 aliphatic heterocycles. The summed E-state index contributed by atoms with van der Waals surface area (Å²) < 4.78 is 5.78. The van der Waals surface area contributed by atoms with E-state index in [0.29, 0.717) is 11.7 Å². The van der Waals surface area contributed by atoms with E-state index in [9.17, 15) is 0 Å². The second-order valence-corrected chi connectivity index (χ2v) is 5.97. The molecule has 0 saturated carbocycles. The highest BCUT2D eigenvalue weighted by atomic mass is 32.1. The van der Waals surface area contributed by atoms with Gasteiger partial charge in [-0.15, -0.1) is 0 Å². The maximum absolute atomic E-state index is 8.03. The Kier molecular flexibility index (Phi) is 9.31. The molecule has 2 fully saturated rings. The van der Waals surface area contributed by atoms with Crippen LogP contribution >= 0.6 is 12.6 Å². The van der Waals surface area contributed by atoms with E-state index < -0.39 is 0 Å². The molecule has 2 saturated heterocycles. The van der Waals surface area contributed by atoms with Crippen molar-refractivity contribution in [1.29, 1.82) is 5.41 Å². The molecule has 0 bridgehead atoms. The second-order valence-electron chi connectivity index (χ2n) is 5.60. The molecule has 2 aliphatic rings. The van der Waals surface area contributed by atoms with Crippen LogP contribution in [0, 0.1) is 5.41 Å². The van der Waals surface area contributed by atoms with Crippen molar-refractivity contribution < 1.29 is 4.74 Å². The van der Waals surface area contributed by atoms with Gasteiger partial charge in [0.2, 0.25) is 0 Å². The van der Waals surface area contributed by atoms with E-state index in [2.05, 4.69) is 22.8 Å². The number of hydrogen-bond acceptors (Lipinski definition) is 6. The average Bonchev–Trinajstić information content (AvgIpc) is 2.96. The summed E-state index contributed by atoms with van der Waals surface area (Å²) in [5.74, 6) is 0.974. The fraction of sp³-hybridized carbons (Fsp3) is 0.933. The first-order valence-corrected chi connectivity index (χ1v) is 8.89. The van der Waals surface area contributed by atoms with Crippen LogP contribution in [-0.2, 0) is 4.74 Å². The maximum atomic E-state index is 8.03. The molecule has 3 atom stereocenters. The summed E-state index contributed by atoms with van der Waals surface area (Å²) in [5.41, 5.74) is 5.84. The lowest BCUT2D eigenvalue weighted by atomic mass is 10.1. The van der Waals surface area contributed by atoms with Gasteiger partial charge in [0.1, 0.15) is 6.10 Å². The minimum absolute atomic E-state index is 0.00700. The van der Waals surface area contributed by atoms with Gasteiger partial charge >= 0.3 is 0 Å². The largest absolute Gasteiger partial charge is 0.474 e. The number of hydrogen-bond donors (Lipinski definition) is 4. The van der Waals surface area contributed by atoms with E-state index in [1.807, 2.05) is 13.8 Å². The maximum Gasteiger partial charge on any atom is 0.198 e. The Morgan fingerprint density at radius 1 is 1.38 bits per heavy atom. The number of likely N-dealkylation sites (tertiary alicyclic amines) is 1. The van der Waals surface area contributed by atoms with E-state index in [-0.39, 0.29) is 18.2 Å². The van der Waals surface area contributed by atoms with Crippen LogP contribution in [0.25, 0.3) is 0 Å². The molecule has 0 aromatic carbocycles. The first-order valence-electron chi connectivity index (χ1n) is 8.26. The molecule has 0 aliphatic carbocycles. The van der Waals surface area contributed by atoms with E-state index in [1.54, 1.807) is 0 Å². The Labute approximate surface area is 134 Å². The number of rotatable bonds is 5. The molecule has 4 N–H and O–H groups in total. The van der Waals surface area contributed by atoms with Crippen LogP contribution in [0.1, 0.15) is 39.5 Å². The molecule has 0 aromatic rings. The highest BCUT2D eigenvalue weighted by molar-refractivity contribution is 7.80. The quantitative estimate of drug-likeness (QED) is 0.352. The smallest absolute Gasteiger partial charge is 0.198 e. The predicted octanol–water partition coefficient (Wildman–Crippen LogP) is 1.48. The third kappa shape index (κ3) is 6.55. The average molecular weight is 317 g/mol. The number of nitrogens with one attached hydrogen (secondary N) is 2. The van der Waals surface area contributed by atoms with Gasteiger partial charge in [0.15, 0.2) is 5.90 Å². The number of nitrogens with two attached hydrogens (primary N) is 1. The van der Waals surface area contributed by atoms with Gasteiger partial charge in [-0.3, -0.25) is 10.3 Å². The van der Waals surface area contributed by atoms with Crippen LogP contribution in [0.4, 0.5) is 0 Å². The number of piperidine rings is 1. The van der Waals surface area contributed by atoms with Crippen molar-refractivity contribution in [2.24, 2.45) is 5.73 Å². The summed E-state index contributed by atoms with van der Waals surface area (Å²) in [6.45, 7) is 7.94. The second kappa shape index (κ2) is 10.4. The zero-order valence-electron chi connectivity index (χ0n) is 13.5. The Morgan fingerprint density at radius 2 is 2.05 bits per heavy atom. The Balaban J connectivity index is 0.00000106. The normalized spacial score (nSPS) is 27.6. The topological polar surface area (TPSA) is 74.4 Å². The van der Waals surface area contributed by atoms with Crippen LogP contribution in [-0.4, -0.2) is 60.9 Å². The highest BCUT2D eigenvalue weighted by Gasteiger charge is 2.27. The van der Waals surface area contributed by atoms with Gasteiger partial charge in [0.25, 0.3) is 0 Å². The zero-order chi connectivity index (χ0) is 15.7. The highest BCUT2D eigenvalue weighted by Crippen LogP contribution is 2.13. The summed E-state index contributed by atoms with van der Waals surface area (Å²) in [6, 6.07) is 0.129. The Morgan fingerprint density at radius 3 is 2.57 bits per heavy atom. The lowest BCUT2D eigenvalue weighted by Gasteiger charge is -2.30. The van der Waals surface area contributed by atoms with Crippen molar-refractivity contribution in [1.82, 2.24) is 10.2 Å². The van der Waals surface area contributed by atoms with Gasteiger partial charge in [0.05, 0.1) is 6.04 Å². The molecular weight excluding hydrogens is 284 g/mol. The summed E-state index contributed by atoms with van der Waals surface area (Å²) in [6.07, 6.45) is 4.68. The summed E-state index contributed by atoms with van der Waals surface area (Å²) in [7, 11) is 0. The molecule has 2 rings (SSSR count). The van der Waals surface area contributed by atoms with Crippen molar-refractivity contribution in [3.05, 3.63) is 0 Å².